The molecular formula is C26H16Br2O4. The van der Waals surface area contributed by atoms with Crippen molar-refractivity contribution < 1.29 is 18.7 Å². The molecule has 6 heteroatoms. The summed E-state index contributed by atoms with van der Waals surface area (Å²) in [6.07, 6.45) is 0. The zero-order valence-corrected chi connectivity index (χ0v) is 19.8. The molecule has 1 aliphatic rings. The number of fused-ring (bicyclic) bond motifs is 1. The molecule has 2 heterocycles. The number of ether oxygens (including phenoxy) is 1. The predicted octanol–water partition coefficient (Wildman–Crippen LogP) is 7.02. The lowest BCUT2D eigenvalue weighted by Gasteiger charge is -2.28. The summed E-state index contributed by atoms with van der Waals surface area (Å²) in [5.41, 5.74) is 3.30. The maximum absolute atomic E-state index is 13.4. The van der Waals surface area contributed by atoms with Crippen LogP contribution in [0.15, 0.2) is 98.5 Å². The normalized spacial score (nSPS) is 16.4. The molecule has 4 nitrogen and oxygen atoms in total. The van der Waals surface area contributed by atoms with Crippen molar-refractivity contribution in [3.05, 3.63) is 111 Å². The zero-order valence-electron chi connectivity index (χ0n) is 16.6. The summed E-state index contributed by atoms with van der Waals surface area (Å²) in [7, 11) is 0. The smallest absolute Gasteiger partial charge is 0.323 e. The molecule has 4 aromatic rings. The van der Waals surface area contributed by atoms with Crippen molar-refractivity contribution in [2.45, 2.75) is 5.92 Å². The third-order valence-corrected chi connectivity index (χ3v) is 6.54. The van der Waals surface area contributed by atoms with E-state index in [1.165, 1.54) is 0 Å². The highest BCUT2D eigenvalue weighted by atomic mass is 79.9. The quantitative estimate of drug-likeness (QED) is 0.155. The number of rotatable bonds is 4. The van der Waals surface area contributed by atoms with E-state index < -0.39 is 17.8 Å². The second-order valence-electron chi connectivity index (χ2n) is 7.51. The Morgan fingerprint density at radius 3 is 2.06 bits per heavy atom. The predicted molar refractivity (Wildman–Crippen MR) is 128 cm³/mol. The summed E-state index contributed by atoms with van der Waals surface area (Å²) in [6.45, 7) is 0. The van der Waals surface area contributed by atoms with Crippen molar-refractivity contribution in [3.63, 3.8) is 0 Å². The van der Waals surface area contributed by atoms with Gasteiger partial charge in [-0.05, 0) is 69.0 Å². The summed E-state index contributed by atoms with van der Waals surface area (Å²) in [5.74, 6) is -1.70. The minimum atomic E-state index is -1.04. The Morgan fingerprint density at radius 1 is 0.750 bits per heavy atom. The van der Waals surface area contributed by atoms with Gasteiger partial charge in [0.05, 0.1) is 11.5 Å². The van der Waals surface area contributed by atoms with Crippen molar-refractivity contribution >= 4 is 43.6 Å². The first-order valence-corrected chi connectivity index (χ1v) is 11.6. The summed E-state index contributed by atoms with van der Waals surface area (Å²) in [4.78, 5) is 26.4. The number of ketones is 1. The topological polar surface area (TPSA) is 56.5 Å². The highest BCUT2D eigenvalue weighted by Crippen LogP contribution is 2.41. The van der Waals surface area contributed by atoms with Crippen molar-refractivity contribution in [1.29, 1.82) is 0 Å². The van der Waals surface area contributed by atoms with E-state index >= 15 is 0 Å². The Morgan fingerprint density at radius 2 is 1.41 bits per heavy atom. The average molecular weight is 552 g/mol. The van der Waals surface area contributed by atoms with Crippen LogP contribution in [0.5, 0.6) is 5.75 Å². The number of hydrogen-bond donors (Lipinski definition) is 0. The van der Waals surface area contributed by atoms with E-state index in [0.29, 0.717) is 21.7 Å². The molecule has 1 aromatic heterocycles. The van der Waals surface area contributed by atoms with Crippen molar-refractivity contribution in [2.24, 2.45) is 5.92 Å². The van der Waals surface area contributed by atoms with Gasteiger partial charge >= 0.3 is 5.97 Å². The van der Waals surface area contributed by atoms with E-state index in [1.807, 2.05) is 48.5 Å². The molecular weight excluding hydrogens is 536 g/mol. The fourth-order valence-corrected chi connectivity index (χ4v) is 4.62. The van der Waals surface area contributed by atoms with E-state index in [0.717, 1.165) is 21.2 Å². The van der Waals surface area contributed by atoms with Crippen LogP contribution in [-0.2, 0) is 4.79 Å². The van der Waals surface area contributed by atoms with Gasteiger partial charge in [-0.25, -0.2) is 0 Å². The molecule has 158 valence electrons. The van der Waals surface area contributed by atoms with Gasteiger partial charge in [0.1, 0.15) is 17.4 Å². The number of hydrogen-bond acceptors (Lipinski definition) is 4. The molecule has 3 aromatic carbocycles. The SMILES string of the molecule is O=C1Oc2ccccc2C(=O)C1C(c1ccc(-c2ccc(Br)cc2)cc1)c1ccc(Br)o1. The summed E-state index contributed by atoms with van der Waals surface area (Å²) in [6, 6.07) is 26.2. The maximum atomic E-state index is 13.4. The molecule has 5 rings (SSSR count). The molecule has 0 radical (unpaired) electrons. The molecule has 0 fully saturated rings. The highest BCUT2D eigenvalue weighted by Gasteiger charge is 2.44. The lowest BCUT2D eigenvalue weighted by atomic mass is 9.78. The molecule has 1 aliphatic heterocycles. The Balaban J connectivity index is 1.57. The number of benzene rings is 3. The summed E-state index contributed by atoms with van der Waals surface area (Å²) >= 11 is 6.78. The Hall–Kier alpha value is -2.96. The molecule has 0 spiro atoms. The van der Waals surface area contributed by atoms with E-state index in [4.69, 9.17) is 9.15 Å². The fourth-order valence-electron chi connectivity index (χ4n) is 4.03. The van der Waals surface area contributed by atoms with E-state index in [-0.39, 0.29) is 5.78 Å². The number of halogens is 2. The molecule has 0 aliphatic carbocycles. The Bertz CT molecular complexity index is 1310. The van der Waals surface area contributed by atoms with Crippen LogP contribution in [-0.4, -0.2) is 11.8 Å². The molecule has 2 atom stereocenters. The van der Waals surface area contributed by atoms with E-state index in [1.54, 1.807) is 36.4 Å². The largest absolute Gasteiger partial charge is 0.454 e. The number of furan rings is 1. The van der Waals surface area contributed by atoms with Crippen LogP contribution in [0.2, 0.25) is 0 Å². The standard InChI is InChI=1S/C26H16Br2O4/c27-18-11-9-16(10-12-18)15-5-7-17(8-6-15)23(21-13-14-22(28)31-21)24-25(29)19-3-1-2-4-20(19)32-26(24)30/h1-14,23-24H. The van der Waals surface area contributed by atoms with Crippen LogP contribution in [0.1, 0.15) is 27.6 Å². The van der Waals surface area contributed by atoms with Crippen LogP contribution in [0, 0.1) is 5.92 Å². The molecule has 0 amide bonds. The average Bonchev–Trinajstić information content (AvgIpc) is 3.23. The van der Waals surface area contributed by atoms with Crippen molar-refractivity contribution in [3.8, 4) is 16.9 Å². The van der Waals surface area contributed by atoms with Gasteiger partial charge < -0.3 is 9.15 Å². The maximum Gasteiger partial charge on any atom is 0.323 e. The minimum Gasteiger partial charge on any atom is -0.454 e. The third kappa shape index (κ3) is 3.85. The Labute approximate surface area is 201 Å². The van der Waals surface area contributed by atoms with Crippen LogP contribution in [0.25, 0.3) is 11.1 Å². The van der Waals surface area contributed by atoms with Crippen molar-refractivity contribution in [2.75, 3.05) is 0 Å². The van der Waals surface area contributed by atoms with Crippen LogP contribution >= 0.6 is 31.9 Å². The molecule has 0 saturated carbocycles. The van der Waals surface area contributed by atoms with Crippen LogP contribution < -0.4 is 4.74 Å². The summed E-state index contributed by atoms with van der Waals surface area (Å²) < 4.78 is 12.9. The fraction of sp³-hybridized carbons (Fsp3) is 0.0769. The molecule has 0 N–H and O–H groups in total. The Kier molecular flexibility index (Phi) is 5.57. The number of esters is 1. The number of Topliss-reactive ketones (excluding diaryl/α,β-unsaturated/α-hetero) is 1. The first-order valence-electron chi connectivity index (χ1n) is 9.97. The second kappa shape index (κ2) is 8.52. The first-order chi connectivity index (χ1) is 15.5. The number of carbonyl (C=O) groups is 2. The number of carbonyl (C=O) groups excluding carboxylic acids is 2. The molecule has 2 unspecified atom stereocenters. The van der Waals surface area contributed by atoms with E-state index in [2.05, 4.69) is 31.9 Å². The molecule has 32 heavy (non-hydrogen) atoms. The molecule has 0 saturated heterocycles. The van der Waals surface area contributed by atoms with E-state index in [9.17, 15) is 9.59 Å². The van der Waals surface area contributed by atoms with Gasteiger partial charge in [-0.2, -0.15) is 0 Å². The molecule has 0 bridgehead atoms. The van der Waals surface area contributed by atoms with Gasteiger partial charge in [0, 0.05) is 4.47 Å². The monoisotopic (exact) mass is 550 g/mol. The van der Waals surface area contributed by atoms with Gasteiger partial charge in [0.2, 0.25) is 0 Å². The van der Waals surface area contributed by atoms with Gasteiger partial charge in [-0.3, -0.25) is 9.59 Å². The van der Waals surface area contributed by atoms with Gasteiger partial charge in [0.25, 0.3) is 0 Å². The van der Waals surface area contributed by atoms with Gasteiger partial charge in [-0.1, -0.05) is 64.5 Å². The highest BCUT2D eigenvalue weighted by molar-refractivity contribution is 9.10. The lowest BCUT2D eigenvalue weighted by molar-refractivity contribution is -0.138. The third-order valence-electron chi connectivity index (χ3n) is 5.58. The van der Waals surface area contributed by atoms with Gasteiger partial charge in [0.15, 0.2) is 10.5 Å². The number of para-hydroxylation sites is 1. The second-order valence-corrected chi connectivity index (χ2v) is 9.20. The first kappa shape index (κ1) is 20.9. The zero-order chi connectivity index (χ0) is 22.2. The summed E-state index contributed by atoms with van der Waals surface area (Å²) in [5, 5.41) is 0. The van der Waals surface area contributed by atoms with Crippen LogP contribution in [0.3, 0.4) is 0 Å². The van der Waals surface area contributed by atoms with Crippen molar-refractivity contribution in [1.82, 2.24) is 0 Å². The van der Waals surface area contributed by atoms with Gasteiger partial charge in [-0.15, -0.1) is 0 Å². The van der Waals surface area contributed by atoms with Crippen LogP contribution in [0.4, 0.5) is 0 Å². The lowest BCUT2D eigenvalue weighted by Crippen LogP contribution is -2.38. The minimum absolute atomic E-state index is 0.272.